The Balaban J connectivity index is 1.66. The lowest BCUT2D eigenvalue weighted by Gasteiger charge is -2.09. The van der Waals surface area contributed by atoms with Gasteiger partial charge in [-0.05, 0) is 37.6 Å². The Morgan fingerprint density at radius 2 is 2.07 bits per heavy atom. The standard InChI is InChI=1S/C19H18N4O3S/c1-13-4-3-5-16(10-13)22-9-8-20-19(22)27-12-18(24)21-15-7-6-14(2)17(11-15)23(25)26/h3-11H,12H2,1-2H3,(H,21,24). The van der Waals surface area contributed by atoms with Gasteiger partial charge in [0.05, 0.1) is 10.7 Å². The molecule has 0 unspecified atom stereocenters. The predicted molar refractivity (Wildman–Crippen MR) is 105 cm³/mol. The molecular formula is C19H18N4O3S. The molecule has 1 aromatic heterocycles. The van der Waals surface area contributed by atoms with Gasteiger partial charge in [-0.15, -0.1) is 0 Å². The number of benzene rings is 2. The highest BCUT2D eigenvalue weighted by atomic mass is 32.2. The van der Waals surface area contributed by atoms with E-state index in [0.717, 1.165) is 11.3 Å². The Hall–Kier alpha value is -3.13. The second-order valence-corrected chi connectivity index (χ2v) is 6.96. The van der Waals surface area contributed by atoms with Crippen LogP contribution in [0.5, 0.6) is 0 Å². The highest BCUT2D eigenvalue weighted by Gasteiger charge is 2.13. The lowest BCUT2D eigenvalue weighted by Crippen LogP contribution is -2.14. The van der Waals surface area contributed by atoms with Crippen molar-refractivity contribution in [2.45, 2.75) is 19.0 Å². The first-order valence-corrected chi connectivity index (χ1v) is 9.20. The average Bonchev–Trinajstić information content (AvgIpc) is 3.10. The van der Waals surface area contributed by atoms with Gasteiger partial charge in [-0.3, -0.25) is 19.5 Å². The summed E-state index contributed by atoms with van der Waals surface area (Å²) in [6.07, 6.45) is 3.53. The van der Waals surface area contributed by atoms with Crippen LogP contribution in [-0.2, 0) is 4.79 Å². The number of carbonyl (C=O) groups excluding carboxylic acids is 1. The van der Waals surface area contributed by atoms with Crippen LogP contribution in [0.1, 0.15) is 11.1 Å². The number of rotatable bonds is 6. The molecule has 7 nitrogen and oxygen atoms in total. The molecule has 27 heavy (non-hydrogen) atoms. The summed E-state index contributed by atoms with van der Waals surface area (Å²) in [5.74, 6) is -0.109. The first kappa shape index (κ1) is 18.7. The number of amides is 1. The van der Waals surface area contributed by atoms with Crippen molar-refractivity contribution >= 4 is 29.0 Å². The van der Waals surface area contributed by atoms with Gasteiger partial charge in [-0.1, -0.05) is 30.0 Å². The van der Waals surface area contributed by atoms with E-state index < -0.39 is 4.92 Å². The molecule has 0 atom stereocenters. The number of hydrogen-bond acceptors (Lipinski definition) is 5. The molecule has 0 spiro atoms. The molecule has 0 radical (unpaired) electrons. The van der Waals surface area contributed by atoms with Crippen LogP contribution in [0.25, 0.3) is 5.69 Å². The first-order valence-electron chi connectivity index (χ1n) is 8.22. The minimum absolute atomic E-state index is 0.0181. The number of nitrogens with one attached hydrogen (secondary N) is 1. The molecule has 0 aliphatic carbocycles. The van der Waals surface area contributed by atoms with E-state index in [9.17, 15) is 14.9 Å². The molecular weight excluding hydrogens is 364 g/mol. The number of anilines is 1. The molecule has 3 aromatic rings. The van der Waals surface area contributed by atoms with Gasteiger partial charge in [-0.2, -0.15) is 0 Å². The van der Waals surface area contributed by atoms with Crippen LogP contribution in [0.2, 0.25) is 0 Å². The number of hydrogen-bond donors (Lipinski definition) is 1. The van der Waals surface area contributed by atoms with E-state index >= 15 is 0 Å². The van der Waals surface area contributed by atoms with Gasteiger partial charge in [0.25, 0.3) is 5.69 Å². The van der Waals surface area contributed by atoms with Crippen molar-refractivity contribution in [1.82, 2.24) is 9.55 Å². The van der Waals surface area contributed by atoms with Gasteiger partial charge in [-0.25, -0.2) is 4.98 Å². The number of nitrogens with zero attached hydrogens (tertiary/aromatic N) is 3. The molecule has 1 heterocycles. The Bertz CT molecular complexity index is 1000. The van der Waals surface area contributed by atoms with Crippen molar-refractivity contribution in [3.05, 3.63) is 76.1 Å². The molecule has 0 bridgehead atoms. The van der Waals surface area contributed by atoms with Crippen molar-refractivity contribution in [2.24, 2.45) is 0 Å². The number of aryl methyl sites for hydroxylation is 2. The van der Waals surface area contributed by atoms with Gasteiger partial charge in [0.15, 0.2) is 5.16 Å². The summed E-state index contributed by atoms with van der Waals surface area (Å²) in [6.45, 7) is 3.67. The van der Waals surface area contributed by atoms with E-state index in [0.29, 0.717) is 16.4 Å². The summed E-state index contributed by atoms with van der Waals surface area (Å²) in [4.78, 5) is 27.1. The Morgan fingerprint density at radius 3 is 2.81 bits per heavy atom. The Morgan fingerprint density at radius 1 is 1.26 bits per heavy atom. The predicted octanol–water partition coefficient (Wildman–Crippen LogP) is 4.13. The minimum atomic E-state index is -0.460. The fourth-order valence-electron chi connectivity index (χ4n) is 2.58. The van der Waals surface area contributed by atoms with E-state index in [4.69, 9.17) is 0 Å². The van der Waals surface area contributed by atoms with Crippen LogP contribution < -0.4 is 5.32 Å². The normalized spacial score (nSPS) is 10.6. The van der Waals surface area contributed by atoms with Gasteiger partial charge in [0.2, 0.25) is 5.91 Å². The smallest absolute Gasteiger partial charge is 0.274 e. The van der Waals surface area contributed by atoms with Gasteiger partial charge in [0, 0.05) is 35.4 Å². The summed E-state index contributed by atoms with van der Waals surface area (Å²) in [5.41, 5.74) is 3.04. The second-order valence-electron chi connectivity index (χ2n) is 6.01. The zero-order valence-corrected chi connectivity index (χ0v) is 15.7. The topological polar surface area (TPSA) is 90.1 Å². The van der Waals surface area contributed by atoms with Crippen LogP contribution in [-0.4, -0.2) is 26.1 Å². The minimum Gasteiger partial charge on any atom is -0.325 e. The number of nitro groups is 1. The summed E-state index contributed by atoms with van der Waals surface area (Å²) in [5, 5.41) is 14.4. The van der Waals surface area contributed by atoms with Crippen LogP contribution in [0, 0.1) is 24.0 Å². The van der Waals surface area contributed by atoms with E-state index in [-0.39, 0.29) is 17.3 Å². The third-order valence-electron chi connectivity index (χ3n) is 3.91. The molecule has 0 aliphatic rings. The maximum atomic E-state index is 12.2. The van der Waals surface area contributed by atoms with Gasteiger partial charge >= 0.3 is 0 Å². The van der Waals surface area contributed by atoms with E-state index in [1.54, 1.807) is 25.3 Å². The van der Waals surface area contributed by atoms with E-state index in [1.165, 1.54) is 17.8 Å². The number of thioether (sulfide) groups is 1. The Kier molecular flexibility index (Phi) is 5.56. The molecule has 0 saturated heterocycles. The maximum absolute atomic E-state index is 12.2. The average molecular weight is 382 g/mol. The quantitative estimate of drug-likeness (QED) is 0.393. The maximum Gasteiger partial charge on any atom is 0.274 e. The fourth-order valence-corrected chi connectivity index (χ4v) is 3.35. The third-order valence-corrected chi connectivity index (χ3v) is 4.88. The van der Waals surface area contributed by atoms with Crippen LogP contribution in [0.4, 0.5) is 11.4 Å². The molecule has 1 amide bonds. The van der Waals surface area contributed by atoms with Crippen molar-refractivity contribution < 1.29 is 9.72 Å². The third kappa shape index (κ3) is 4.53. The molecule has 8 heteroatoms. The molecule has 0 aliphatic heterocycles. The van der Waals surface area contributed by atoms with Crippen molar-refractivity contribution in [2.75, 3.05) is 11.1 Å². The van der Waals surface area contributed by atoms with Crippen molar-refractivity contribution in [1.29, 1.82) is 0 Å². The molecule has 2 aromatic carbocycles. The van der Waals surface area contributed by atoms with E-state index in [1.807, 2.05) is 42.0 Å². The lowest BCUT2D eigenvalue weighted by atomic mass is 10.2. The lowest BCUT2D eigenvalue weighted by molar-refractivity contribution is -0.385. The fraction of sp³-hybridized carbons (Fsp3) is 0.158. The van der Waals surface area contributed by atoms with Crippen LogP contribution in [0.15, 0.2) is 60.0 Å². The number of imidazole rings is 1. The highest BCUT2D eigenvalue weighted by molar-refractivity contribution is 7.99. The number of nitro benzene ring substituents is 1. The van der Waals surface area contributed by atoms with Gasteiger partial charge in [0.1, 0.15) is 0 Å². The van der Waals surface area contributed by atoms with Crippen LogP contribution >= 0.6 is 11.8 Å². The zero-order valence-electron chi connectivity index (χ0n) is 14.9. The molecule has 3 rings (SSSR count). The first-order chi connectivity index (χ1) is 12.9. The second kappa shape index (κ2) is 8.05. The summed E-state index contributed by atoms with van der Waals surface area (Å²) in [7, 11) is 0. The zero-order chi connectivity index (χ0) is 19.4. The summed E-state index contributed by atoms with van der Waals surface area (Å²) >= 11 is 1.30. The molecule has 0 saturated carbocycles. The highest BCUT2D eigenvalue weighted by Crippen LogP contribution is 2.24. The Labute approximate surface area is 160 Å². The monoisotopic (exact) mass is 382 g/mol. The number of carbonyl (C=O) groups is 1. The SMILES string of the molecule is Cc1cccc(-n2ccnc2SCC(=O)Nc2ccc(C)c([N+](=O)[O-])c2)c1. The van der Waals surface area contributed by atoms with Gasteiger partial charge < -0.3 is 5.32 Å². The van der Waals surface area contributed by atoms with E-state index in [2.05, 4.69) is 10.3 Å². The summed E-state index contributed by atoms with van der Waals surface area (Å²) < 4.78 is 1.92. The van der Waals surface area contributed by atoms with Crippen LogP contribution in [0.3, 0.4) is 0 Å². The number of aromatic nitrogens is 2. The van der Waals surface area contributed by atoms with Crippen molar-refractivity contribution in [3.63, 3.8) is 0 Å². The molecule has 0 fully saturated rings. The van der Waals surface area contributed by atoms with Crippen molar-refractivity contribution in [3.8, 4) is 5.69 Å². The molecule has 138 valence electrons. The largest absolute Gasteiger partial charge is 0.325 e. The summed E-state index contributed by atoms with van der Waals surface area (Å²) in [6, 6.07) is 12.6. The molecule has 1 N–H and O–H groups in total.